The summed E-state index contributed by atoms with van der Waals surface area (Å²) in [5.74, 6) is 0. The van der Waals surface area contributed by atoms with Crippen LogP contribution in [0.25, 0.3) is 0 Å². The van der Waals surface area contributed by atoms with Crippen LogP contribution in [0.5, 0.6) is 0 Å². The van der Waals surface area contributed by atoms with Crippen molar-refractivity contribution in [3.63, 3.8) is 0 Å². The number of nitrogens with zero attached hydrogens (tertiary/aromatic N) is 3. The van der Waals surface area contributed by atoms with E-state index in [0.29, 0.717) is 6.42 Å². The van der Waals surface area contributed by atoms with Gasteiger partial charge in [0.2, 0.25) is 0 Å². The Bertz CT molecular complexity index is 477. The lowest BCUT2D eigenvalue weighted by molar-refractivity contribution is 0.397. The summed E-state index contributed by atoms with van der Waals surface area (Å²) in [6.07, 6.45) is 4.15. The molecule has 1 aliphatic carbocycles. The molecule has 104 valence electrons. The van der Waals surface area contributed by atoms with Gasteiger partial charge in [-0.25, -0.2) is 0 Å². The van der Waals surface area contributed by atoms with Gasteiger partial charge in [-0.2, -0.15) is 10.4 Å². The molecule has 0 aliphatic heterocycles. The molecule has 2 rings (SSSR count). The normalized spacial score (nSPS) is 16.3. The van der Waals surface area contributed by atoms with Gasteiger partial charge in [-0.1, -0.05) is 6.92 Å². The fourth-order valence-corrected chi connectivity index (χ4v) is 2.59. The summed E-state index contributed by atoms with van der Waals surface area (Å²) in [5.41, 5.74) is 3.91. The molecular formula is C15H24N4. The Kier molecular flexibility index (Phi) is 4.26. The number of hydrogen-bond donors (Lipinski definition) is 1. The van der Waals surface area contributed by atoms with Crippen LogP contribution in [0.4, 0.5) is 0 Å². The van der Waals surface area contributed by atoms with Crippen molar-refractivity contribution in [2.24, 2.45) is 5.41 Å². The molecule has 0 amide bonds. The molecule has 4 nitrogen and oxygen atoms in total. The van der Waals surface area contributed by atoms with Gasteiger partial charge in [0.05, 0.1) is 11.8 Å². The molecule has 1 fully saturated rings. The lowest BCUT2D eigenvalue weighted by Gasteiger charge is -2.13. The molecule has 1 aliphatic rings. The van der Waals surface area contributed by atoms with E-state index < -0.39 is 0 Å². The minimum atomic E-state index is 0.214. The minimum absolute atomic E-state index is 0.214. The lowest BCUT2D eigenvalue weighted by Crippen LogP contribution is -2.16. The highest BCUT2D eigenvalue weighted by atomic mass is 15.3. The summed E-state index contributed by atoms with van der Waals surface area (Å²) in [6.45, 7) is 9.25. The number of aryl methyl sites for hydroxylation is 1. The van der Waals surface area contributed by atoms with Crippen LogP contribution in [0.15, 0.2) is 0 Å². The van der Waals surface area contributed by atoms with Crippen LogP contribution in [0.1, 0.15) is 49.6 Å². The highest BCUT2D eigenvalue weighted by Crippen LogP contribution is 2.50. The van der Waals surface area contributed by atoms with E-state index in [9.17, 15) is 0 Å². The maximum Gasteiger partial charge on any atom is 0.0641 e. The zero-order chi connectivity index (χ0) is 13.9. The van der Waals surface area contributed by atoms with E-state index in [1.54, 1.807) is 0 Å². The molecule has 1 aromatic rings. The van der Waals surface area contributed by atoms with Crippen molar-refractivity contribution in [3.8, 4) is 6.07 Å². The summed E-state index contributed by atoms with van der Waals surface area (Å²) in [6, 6.07) is 2.32. The van der Waals surface area contributed by atoms with E-state index in [-0.39, 0.29) is 5.41 Å². The van der Waals surface area contributed by atoms with Crippen molar-refractivity contribution < 1.29 is 0 Å². The molecule has 0 atom stereocenters. The second-order valence-corrected chi connectivity index (χ2v) is 5.82. The molecule has 4 heteroatoms. The highest BCUT2D eigenvalue weighted by Gasteiger charge is 2.43. The monoisotopic (exact) mass is 260 g/mol. The third-order valence-electron chi connectivity index (χ3n) is 4.16. The Morgan fingerprint density at radius 2 is 2.16 bits per heavy atom. The quantitative estimate of drug-likeness (QED) is 0.767. The largest absolute Gasteiger partial charge is 0.313 e. The van der Waals surface area contributed by atoms with Crippen molar-refractivity contribution in [3.05, 3.63) is 17.0 Å². The van der Waals surface area contributed by atoms with E-state index in [1.807, 2.05) is 0 Å². The zero-order valence-electron chi connectivity index (χ0n) is 12.3. The second kappa shape index (κ2) is 5.75. The average Bonchev–Trinajstić information content (AvgIpc) is 3.07. The predicted molar refractivity (Wildman–Crippen MR) is 75.6 cm³/mol. The number of nitriles is 1. The molecule has 0 bridgehead atoms. The average molecular weight is 260 g/mol. The number of hydrogen-bond acceptors (Lipinski definition) is 3. The van der Waals surface area contributed by atoms with Crippen molar-refractivity contribution >= 4 is 0 Å². The SMILES string of the molecule is CCCNCc1c(C)nn(CC2(CC#N)CC2)c1C. The first-order valence-corrected chi connectivity index (χ1v) is 7.22. The van der Waals surface area contributed by atoms with Crippen molar-refractivity contribution in [1.82, 2.24) is 15.1 Å². The Balaban J connectivity index is 2.06. The van der Waals surface area contributed by atoms with Crippen LogP contribution in [0, 0.1) is 30.6 Å². The molecule has 1 heterocycles. The van der Waals surface area contributed by atoms with Crippen molar-refractivity contribution in [2.75, 3.05) is 6.54 Å². The number of aromatic nitrogens is 2. The summed E-state index contributed by atoms with van der Waals surface area (Å²) < 4.78 is 2.11. The van der Waals surface area contributed by atoms with Crippen LogP contribution >= 0.6 is 0 Å². The molecule has 19 heavy (non-hydrogen) atoms. The van der Waals surface area contributed by atoms with Crippen LogP contribution in [-0.2, 0) is 13.1 Å². The minimum Gasteiger partial charge on any atom is -0.313 e. The standard InChI is InChI=1S/C15H24N4/c1-4-9-17-10-14-12(2)18-19(13(14)3)11-15(5-6-15)7-8-16/h17H,4-7,9-11H2,1-3H3. The molecular weight excluding hydrogens is 236 g/mol. The van der Waals surface area contributed by atoms with Gasteiger partial charge in [-0.05, 0) is 39.7 Å². The summed E-state index contributed by atoms with van der Waals surface area (Å²) in [7, 11) is 0. The van der Waals surface area contributed by atoms with Gasteiger partial charge in [0.25, 0.3) is 0 Å². The second-order valence-electron chi connectivity index (χ2n) is 5.82. The lowest BCUT2D eigenvalue weighted by atomic mass is 10.0. The first-order chi connectivity index (χ1) is 9.12. The predicted octanol–water partition coefficient (Wildman–Crippen LogP) is 2.69. The van der Waals surface area contributed by atoms with E-state index in [0.717, 1.165) is 31.7 Å². The summed E-state index contributed by atoms with van der Waals surface area (Å²) >= 11 is 0. The Hall–Kier alpha value is -1.34. The van der Waals surface area contributed by atoms with Gasteiger partial charge < -0.3 is 5.32 Å². The van der Waals surface area contributed by atoms with Crippen LogP contribution < -0.4 is 5.32 Å². The van der Waals surface area contributed by atoms with Crippen LogP contribution in [-0.4, -0.2) is 16.3 Å². The first-order valence-electron chi connectivity index (χ1n) is 7.22. The van der Waals surface area contributed by atoms with Crippen molar-refractivity contribution in [1.29, 1.82) is 5.26 Å². The molecule has 0 saturated heterocycles. The van der Waals surface area contributed by atoms with E-state index in [4.69, 9.17) is 5.26 Å². The van der Waals surface area contributed by atoms with Crippen LogP contribution in [0.2, 0.25) is 0 Å². The van der Waals surface area contributed by atoms with E-state index in [1.165, 1.54) is 24.1 Å². The molecule has 0 unspecified atom stereocenters. The fourth-order valence-electron chi connectivity index (χ4n) is 2.59. The van der Waals surface area contributed by atoms with Gasteiger partial charge in [-0.15, -0.1) is 0 Å². The summed E-state index contributed by atoms with van der Waals surface area (Å²) in [5, 5.41) is 17.0. The Morgan fingerprint density at radius 1 is 1.42 bits per heavy atom. The number of rotatable bonds is 7. The zero-order valence-corrected chi connectivity index (χ0v) is 12.3. The van der Waals surface area contributed by atoms with Crippen LogP contribution in [0.3, 0.4) is 0 Å². The molecule has 1 N–H and O–H groups in total. The van der Waals surface area contributed by atoms with Gasteiger partial charge in [-0.3, -0.25) is 4.68 Å². The van der Waals surface area contributed by atoms with Gasteiger partial charge >= 0.3 is 0 Å². The van der Waals surface area contributed by atoms with Gasteiger partial charge in [0.15, 0.2) is 0 Å². The van der Waals surface area contributed by atoms with E-state index >= 15 is 0 Å². The topological polar surface area (TPSA) is 53.6 Å². The third kappa shape index (κ3) is 3.16. The molecule has 1 aromatic heterocycles. The maximum absolute atomic E-state index is 8.90. The van der Waals surface area contributed by atoms with Gasteiger partial charge in [0.1, 0.15) is 0 Å². The Morgan fingerprint density at radius 3 is 2.74 bits per heavy atom. The summed E-state index contributed by atoms with van der Waals surface area (Å²) in [4.78, 5) is 0. The third-order valence-corrected chi connectivity index (χ3v) is 4.16. The first kappa shape index (κ1) is 14.1. The molecule has 0 spiro atoms. The molecule has 0 aromatic carbocycles. The molecule has 0 radical (unpaired) electrons. The smallest absolute Gasteiger partial charge is 0.0641 e. The maximum atomic E-state index is 8.90. The highest BCUT2D eigenvalue weighted by molar-refractivity contribution is 5.24. The molecule has 1 saturated carbocycles. The fraction of sp³-hybridized carbons (Fsp3) is 0.733. The Labute approximate surface area is 115 Å². The number of nitrogens with one attached hydrogen (secondary N) is 1. The van der Waals surface area contributed by atoms with Crippen molar-refractivity contribution in [2.45, 2.75) is 59.5 Å². The van der Waals surface area contributed by atoms with E-state index in [2.05, 4.69) is 41.9 Å². The van der Waals surface area contributed by atoms with Gasteiger partial charge in [0, 0.05) is 36.2 Å².